The van der Waals surface area contributed by atoms with Crippen LogP contribution < -0.4 is 122 Å². The smallest absolute Gasteiger partial charge is 0.320 e. The topological polar surface area (TPSA) is 655 Å². The third-order valence-electron chi connectivity index (χ3n) is 11.9. The molecule has 0 aromatic carbocycles. The highest BCUT2D eigenvalue weighted by atomic mass is 16.4. The van der Waals surface area contributed by atoms with Crippen molar-refractivity contribution in [2.24, 2.45) is 63.1 Å². The number of hydrogen-bond acceptors (Lipinski definition) is 32. The Hall–Kier alpha value is -2.26. The fraction of sp³-hybridized carbons (Fsp3) is 0.967. The van der Waals surface area contributed by atoms with Crippen molar-refractivity contribution in [3.63, 3.8) is 0 Å². The Bertz CT molecular complexity index is 1180. The van der Waals surface area contributed by atoms with Crippen molar-refractivity contribution in [2.75, 3.05) is 249 Å². The van der Waals surface area contributed by atoms with Crippen molar-refractivity contribution in [2.45, 2.75) is 134 Å². The zero-order valence-electron chi connectivity index (χ0n) is 59.5. The van der Waals surface area contributed by atoms with Gasteiger partial charge in [-0.25, -0.2) is 0 Å². The Kier molecular flexibility index (Phi) is 139. The summed E-state index contributed by atoms with van der Waals surface area (Å²) in [6, 6.07) is -0.742. The number of aliphatic hydroxyl groups excluding tert-OH is 8. The van der Waals surface area contributed by atoms with Crippen molar-refractivity contribution in [1.82, 2.24) is 58.5 Å². The van der Waals surface area contributed by atoms with Crippen LogP contribution in [0.1, 0.15) is 116 Å². The molecule has 0 bridgehead atoms. The van der Waals surface area contributed by atoms with Crippen molar-refractivity contribution < 1.29 is 60.7 Å². The van der Waals surface area contributed by atoms with E-state index in [1.54, 1.807) is 0 Å². The van der Waals surface area contributed by atoms with Gasteiger partial charge >= 0.3 is 11.9 Å². The zero-order chi connectivity index (χ0) is 73.3. The zero-order valence-corrected chi connectivity index (χ0v) is 59.5. The van der Waals surface area contributed by atoms with Crippen LogP contribution in [0.3, 0.4) is 0 Å². The first kappa shape index (κ1) is 111. The molecule has 1 rings (SSSR count). The molecule has 0 radical (unpaired) electrons. The number of aliphatic carboxylic acids is 2. The van der Waals surface area contributed by atoms with Gasteiger partial charge in [-0.3, -0.25) is 9.59 Å². The highest BCUT2D eigenvalue weighted by molar-refractivity contribution is 5.72. The molecule has 34 heteroatoms. The molecule has 2 unspecified atom stereocenters. The Morgan fingerprint density at radius 1 is 0.326 bits per heavy atom. The molecule has 34 nitrogen and oxygen atoms in total. The number of carboxylic acids is 2. The summed E-state index contributed by atoms with van der Waals surface area (Å²) in [7, 11) is 0. The molecule has 0 spiro atoms. The summed E-state index contributed by atoms with van der Waals surface area (Å²) >= 11 is 0. The van der Waals surface area contributed by atoms with Crippen LogP contribution in [0, 0.1) is 0 Å². The van der Waals surface area contributed by atoms with Gasteiger partial charge in [0, 0.05) is 78.5 Å². The highest BCUT2D eigenvalue weighted by Crippen LogP contribution is 2.04. The summed E-state index contributed by atoms with van der Waals surface area (Å²) in [5.74, 6) is -1.78. The second-order valence-electron chi connectivity index (χ2n) is 21.2. The van der Waals surface area contributed by atoms with Gasteiger partial charge in [-0.15, -0.1) is 0 Å². The van der Waals surface area contributed by atoms with Gasteiger partial charge in [-0.05, 0) is 214 Å². The minimum atomic E-state index is -0.955. The first-order valence-corrected chi connectivity index (χ1v) is 35.1. The Morgan fingerprint density at radius 2 is 0.600 bits per heavy atom. The Morgan fingerprint density at radius 3 is 0.937 bits per heavy atom. The van der Waals surface area contributed by atoms with Crippen LogP contribution in [0.5, 0.6) is 0 Å². The lowest BCUT2D eigenvalue weighted by Crippen LogP contribution is -2.37. The highest BCUT2D eigenvalue weighted by Gasteiger charge is 2.09. The van der Waals surface area contributed by atoms with Crippen LogP contribution in [-0.2, 0) is 9.59 Å². The summed E-state index contributed by atoms with van der Waals surface area (Å²) < 4.78 is 0. The van der Waals surface area contributed by atoms with Gasteiger partial charge in [0.25, 0.3) is 0 Å². The molecule has 1 aliphatic heterocycles. The van der Waals surface area contributed by atoms with Crippen LogP contribution in [0.2, 0.25) is 0 Å². The molecule has 0 aliphatic carbocycles. The number of carbonyl (C=O) groups is 2. The first-order chi connectivity index (χ1) is 46.1. The van der Waals surface area contributed by atoms with Crippen molar-refractivity contribution in [3.05, 3.63) is 0 Å². The lowest BCUT2D eigenvalue weighted by molar-refractivity contribution is -0.139. The van der Waals surface area contributed by atoms with Crippen LogP contribution in [-0.4, -0.2) is 330 Å². The predicted molar refractivity (Wildman–Crippen MR) is 393 cm³/mol. The van der Waals surface area contributed by atoms with E-state index < -0.39 is 30.2 Å². The van der Waals surface area contributed by atoms with E-state index in [0.29, 0.717) is 91.4 Å². The second kappa shape index (κ2) is 119. The molecular formula is C61H158N22O12. The Labute approximate surface area is 575 Å². The fourth-order valence-electron chi connectivity index (χ4n) is 6.51. The predicted octanol–water partition coefficient (Wildman–Crippen LogP) is -8.86. The summed E-state index contributed by atoms with van der Waals surface area (Å²) in [5.41, 5.74) is 57.5. The summed E-state index contributed by atoms with van der Waals surface area (Å²) in [6.45, 7) is 25.1. The molecule has 2 atom stereocenters. The van der Waals surface area contributed by atoms with Crippen LogP contribution in [0.25, 0.3) is 0 Å². The van der Waals surface area contributed by atoms with Gasteiger partial charge < -0.3 is 173 Å². The molecule has 95 heavy (non-hydrogen) atoms. The molecule has 0 saturated carbocycles. The average molecular weight is 1390 g/mol. The molecule has 1 heterocycles. The van der Waals surface area contributed by atoms with Crippen LogP contribution >= 0.6 is 0 Å². The van der Waals surface area contributed by atoms with Gasteiger partial charge in [0.15, 0.2) is 0 Å². The van der Waals surface area contributed by atoms with E-state index in [1.165, 1.54) is 64.5 Å². The van der Waals surface area contributed by atoms with E-state index >= 15 is 0 Å². The molecule has 0 amide bonds. The van der Waals surface area contributed by atoms with E-state index in [2.05, 4.69) is 58.5 Å². The second-order valence-corrected chi connectivity index (χ2v) is 21.2. The molecule has 1 fully saturated rings. The quantitative estimate of drug-likeness (QED) is 0.0252. The standard InChI is InChI=1S/C11H27N3.C7H19N3.C7H18N2O3.C7H18N2O2.C5H14N2O2.2C5H12N2O2.C5H14N2O.C5H12N2.C4H12N2/c12-8-5-3-1-2-4-6-10-14-11-7-9-13;8-4-1-2-6-10-7-3-5-9;10-3-1-8-5-7(12)6-9-2-4-11;10-6-4-8-2-1-3-9-5-7-11;6-3-5(9)4-7-1-2-8;6-2-1-3-7-4-5(8)9;6-3-1-2-4(7)5(8)9;6-2-1-3-7-4-5-8;1-2-6-4-5-7-3-1;5-3-1-2-4-6/h14H,1-13H2;10H,1-9H2;7-12H,1-6H2;8-11H,1-7H2;5,7-9H,1-4,6H2;7H,1-4,6H2,(H,8,9);4H,1-3,6-7H2,(H,8,9);7-8H,1-6H2;6-7H,1-5H2;1-6H2. The van der Waals surface area contributed by atoms with E-state index in [1.807, 2.05) is 0 Å². The van der Waals surface area contributed by atoms with Crippen molar-refractivity contribution in [1.29, 1.82) is 0 Å². The number of unbranched alkanes of at least 4 members (excludes halogenated alkanes) is 7. The number of nitrogens with one attached hydrogen (secondary N) is 11. The monoisotopic (exact) mass is 1390 g/mol. The maximum absolute atomic E-state index is 10.0. The molecule has 0 aromatic heterocycles. The molecular weight excluding hydrogens is 1230 g/mol. The molecule has 43 N–H and O–H groups in total. The minimum absolute atomic E-state index is 0.0278. The van der Waals surface area contributed by atoms with Gasteiger partial charge in [0.05, 0.1) is 58.4 Å². The number of carboxylic acid groups (broad SMARTS) is 2. The van der Waals surface area contributed by atoms with Gasteiger partial charge in [0.2, 0.25) is 0 Å². The van der Waals surface area contributed by atoms with Gasteiger partial charge in [-0.1, -0.05) is 25.7 Å². The van der Waals surface area contributed by atoms with Gasteiger partial charge in [0.1, 0.15) is 6.04 Å². The summed E-state index contributed by atoms with van der Waals surface area (Å²) in [5, 5.41) is 118. The Balaban J connectivity index is -0.000000124. The molecule has 584 valence electrons. The maximum atomic E-state index is 10.0. The number of rotatable bonds is 56. The molecule has 1 aliphatic rings. The normalized spacial score (nSPS) is 11.8. The summed E-state index contributed by atoms with van der Waals surface area (Å²) in [4.78, 5) is 19.9. The SMILES string of the molecule is C1CNCCNC1.NCC(O)CNCCO.NCCCC(N)C(=O)O.NCCCCCCCCNCCCN.NCCCCN.NCCCCNCCCN.NCCCNCC(=O)O.NCCCNCCO.OCCNCC(O)CNCCO.OCCNCCCNCCO. The average Bonchev–Trinajstić information content (AvgIpc) is 4.14. The number of nitrogens with two attached hydrogens (primary N) is 11. The summed E-state index contributed by atoms with van der Waals surface area (Å²) in [6.07, 6.45) is 18.7. The molecule has 0 aromatic rings. The van der Waals surface area contributed by atoms with E-state index in [-0.39, 0.29) is 52.7 Å². The fourth-order valence-corrected chi connectivity index (χ4v) is 6.51. The van der Waals surface area contributed by atoms with Crippen molar-refractivity contribution >= 4 is 11.9 Å². The maximum Gasteiger partial charge on any atom is 0.320 e. The minimum Gasteiger partial charge on any atom is -0.480 e. The third kappa shape index (κ3) is 152. The third-order valence-corrected chi connectivity index (χ3v) is 11.9. The lowest BCUT2D eigenvalue weighted by Gasteiger charge is -2.11. The lowest BCUT2D eigenvalue weighted by atomic mass is 10.1. The van der Waals surface area contributed by atoms with E-state index in [0.717, 1.165) is 156 Å². The largest absolute Gasteiger partial charge is 0.480 e. The van der Waals surface area contributed by atoms with E-state index in [4.69, 9.17) is 109 Å². The number of hydrogen-bond donors (Lipinski definition) is 32. The number of aliphatic hydroxyl groups is 8. The van der Waals surface area contributed by atoms with Gasteiger partial charge in [-0.2, -0.15) is 0 Å². The van der Waals surface area contributed by atoms with Crippen LogP contribution in [0.15, 0.2) is 0 Å². The van der Waals surface area contributed by atoms with E-state index in [9.17, 15) is 14.7 Å². The first-order valence-electron chi connectivity index (χ1n) is 35.1. The molecule has 1 saturated heterocycles. The van der Waals surface area contributed by atoms with Crippen molar-refractivity contribution in [3.8, 4) is 0 Å². The van der Waals surface area contributed by atoms with Crippen LogP contribution in [0.4, 0.5) is 0 Å².